The molecule has 0 aliphatic rings. The molecule has 0 saturated heterocycles. The van der Waals surface area contributed by atoms with Crippen LogP contribution in [-0.4, -0.2) is 15.5 Å². The average Bonchev–Trinajstić information content (AvgIpc) is 3.13. The second kappa shape index (κ2) is 8.31. The van der Waals surface area contributed by atoms with Crippen LogP contribution in [0.4, 0.5) is 5.69 Å². The van der Waals surface area contributed by atoms with Gasteiger partial charge in [-0.15, -0.1) is 0 Å². The minimum Gasteiger partial charge on any atom is -0.324 e. The Balaban J connectivity index is 1.50. The first-order valence-corrected chi connectivity index (χ1v) is 10.9. The largest absolute Gasteiger partial charge is 0.324 e. The molecule has 5 rings (SSSR count). The lowest BCUT2D eigenvalue weighted by Crippen LogP contribution is -2.21. The Hall–Kier alpha value is -3.92. The van der Waals surface area contributed by atoms with Crippen molar-refractivity contribution < 1.29 is 4.79 Å². The molecular formula is C28H25N3O. The molecule has 0 spiro atoms. The highest BCUT2D eigenvalue weighted by molar-refractivity contribution is 5.92. The fraction of sp³-hybridized carbons (Fsp3) is 0.143. The first-order chi connectivity index (χ1) is 15.6. The molecular weight excluding hydrogens is 394 g/mol. The van der Waals surface area contributed by atoms with Gasteiger partial charge in [-0.25, -0.2) is 4.98 Å². The Morgan fingerprint density at radius 3 is 2.59 bits per heavy atom. The maximum atomic E-state index is 13.0. The zero-order valence-electron chi connectivity index (χ0n) is 18.3. The van der Waals surface area contributed by atoms with Gasteiger partial charge < -0.3 is 9.88 Å². The third kappa shape index (κ3) is 3.87. The van der Waals surface area contributed by atoms with Crippen molar-refractivity contribution in [2.24, 2.45) is 0 Å². The van der Waals surface area contributed by atoms with E-state index in [0.29, 0.717) is 6.42 Å². The Kier molecular flexibility index (Phi) is 5.20. The lowest BCUT2D eigenvalue weighted by molar-refractivity contribution is -0.116. The fourth-order valence-electron chi connectivity index (χ4n) is 4.26. The van der Waals surface area contributed by atoms with Crippen LogP contribution in [0.25, 0.3) is 21.8 Å². The summed E-state index contributed by atoms with van der Waals surface area (Å²) in [7, 11) is 0. The Morgan fingerprint density at radius 2 is 1.69 bits per heavy atom. The molecule has 158 valence electrons. The summed E-state index contributed by atoms with van der Waals surface area (Å²) in [6.45, 7) is 4.25. The summed E-state index contributed by atoms with van der Waals surface area (Å²) in [6.07, 6.45) is 0.660. The number of benzene rings is 4. The van der Waals surface area contributed by atoms with Gasteiger partial charge in [0.1, 0.15) is 12.4 Å². The number of carbonyl (C=O) groups excluding carboxylic acids is 1. The number of aryl methyl sites for hydroxylation is 2. The van der Waals surface area contributed by atoms with Crippen LogP contribution in [0.3, 0.4) is 0 Å². The number of nitrogens with one attached hydrogen (secondary N) is 1. The molecule has 0 fully saturated rings. The van der Waals surface area contributed by atoms with E-state index in [0.717, 1.165) is 33.7 Å². The normalized spacial score (nSPS) is 11.2. The van der Waals surface area contributed by atoms with Crippen molar-refractivity contribution in [1.82, 2.24) is 9.55 Å². The number of carbonyl (C=O) groups is 1. The SMILES string of the molecule is Cc1ccc(C)c(NC(=O)Cn2c(Cc3cccc4ccccc34)nc3ccccc32)c1. The van der Waals surface area contributed by atoms with E-state index in [1.54, 1.807) is 0 Å². The van der Waals surface area contributed by atoms with Crippen molar-refractivity contribution in [2.75, 3.05) is 5.32 Å². The van der Waals surface area contributed by atoms with E-state index in [9.17, 15) is 4.79 Å². The van der Waals surface area contributed by atoms with Gasteiger partial charge in [0.25, 0.3) is 0 Å². The van der Waals surface area contributed by atoms with Crippen LogP contribution in [0.5, 0.6) is 0 Å². The van der Waals surface area contributed by atoms with Crippen molar-refractivity contribution in [1.29, 1.82) is 0 Å². The van der Waals surface area contributed by atoms with Crippen molar-refractivity contribution in [3.63, 3.8) is 0 Å². The van der Waals surface area contributed by atoms with E-state index in [4.69, 9.17) is 4.98 Å². The number of rotatable bonds is 5. The summed E-state index contributed by atoms with van der Waals surface area (Å²) < 4.78 is 2.04. The lowest BCUT2D eigenvalue weighted by Gasteiger charge is -2.13. The highest BCUT2D eigenvalue weighted by Crippen LogP contribution is 2.24. The number of nitrogens with zero attached hydrogens (tertiary/aromatic N) is 2. The molecule has 5 aromatic rings. The monoisotopic (exact) mass is 419 g/mol. The molecule has 0 bridgehead atoms. The lowest BCUT2D eigenvalue weighted by atomic mass is 10.0. The smallest absolute Gasteiger partial charge is 0.244 e. The fourth-order valence-corrected chi connectivity index (χ4v) is 4.26. The summed E-state index contributed by atoms with van der Waals surface area (Å²) in [5.41, 5.74) is 6.11. The molecule has 32 heavy (non-hydrogen) atoms. The second-order valence-electron chi connectivity index (χ2n) is 8.28. The van der Waals surface area contributed by atoms with Gasteiger partial charge >= 0.3 is 0 Å². The van der Waals surface area contributed by atoms with Gasteiger partial charge in [-0.3, -0.25) is 4.79 Å². The third-order valence-electron chi connectivity index (χ3n) is 5.93. The number of para-hydroxylation sites is 2. The molecule has 0 unspecified atom stereocenters. The number of imidazole rings is 1. The number of amides is 1. The molecule has 0 aliphatic carbocycles. The first kappa shape index (κ1) is 20.0. The predicted octanol–water partition coefficient (Wildman–Crippen LogP) is 6.04. The van der Waals surface area contributed by atoms with Crippen molar-refractivity contribution >= 4 is 33.4 Å². The summed E-state index contributed by atoms with van der Waals surface area (Å²) in [5, 5.41) is 5.51. The minimum atomic E-state index is -0.0546. The predicted molar refractivity (Wildman–Crippen MR) is 131 cm³/mol. The van der Waals surface area contributed by atoms with E-state index < -0.39 is 0 Å². The van der Waals surface area contributed by atoms with Gasteiger partial charge in [0.2, 0.25) is 5.91 Å². The van der Waals surface area contributed by atoms with Crippen LogP contribution in [0.15, 0.2) is 84.9 Å². The molecule has 0 atom stereocenters. The Bertz CT molecular complexity index is 1440. The van der Waals surface area contributed by atoms with Gasteiger partial charge in [-0.05, 0) is 59.5 Å². The van der Waals surface area contributed by atoms with Crippen LogP contribution < -0.4 is 5.32 Å². The summed E-state index contributed by atoms with van der Waals surface area (Å²) in [4.78, 5) is 17.9. The number of hydrogen-bond acceptors (Lipinski definition) is 2. The quantitative estimate of drug-likeness (QED) is 0.378. The Morgan fingerprint density at radius 1 is 0.906 bits per heavy atom. The summed E-state index contributed by atoms with van der Waals surface area (Å²) in [5.74, 6) is 0.833. The van der Waals surface area contributed by atoms with Crippen molar-refractivity contribution in [3.05, 3.63) is 107 Å². The molecule has 1 amide bonds. The molecule has 0 saturated carbocycles. The molecule has 4 nitrogen and oxygen atoms in total. The Labute approximate surface area is 187 Å². The van der Waals surface area contributed by atoms with E-state index in [1.165, 1.54) is 16.3 Å². The van der Waals surface area contributed by atoms with Crippen LogP contribution in [0.1, 0.15) is 22.5 Å². The van der Waals surface area contributed by atoms with Crippen LogP contribution >= 0.6 is 0 Å². The number of fused-ring (bicyclic) bond motifs is 2. The van der Waals surface area contributed by atoms with Crippen LogP contribution in [-0.2, 0) is 17.8 Å². The molecule has 0 aliphatic heterocycles. The molecule has 1 N–H and O–H groups in total. The van der Waals surface area contributed by atoms with Gasteiger partial charge in [-0.2, -0.15) is 0 Å². The maximum Gasteiger partial charge on any atom is 0.244 e. The number of anilines is 1. The first-order valence-electron chi connectivity index (χ1n) is 10.9. The van der Waals surface area contributed by atoms with Gasteiger partial charge in [0.15, 0.2) is 0 Å². The van der Waals surface area contributed by atoms with Crippen molar-refractivity contribution in [3.8, 4) is 0 Å². The number of aromatic nitrogens is 2. The van der Waals surface area contributed by atoms with Gasteiger partial charge in [0, 0.05) is 12.1 Å². The van der Waals surface area contributed by atoms with E-state index >= 15 is 0 Å². The molecule has 4 aromatic carbocycles. The van der Waals surface area contributed by atoms with Gasteiger partial charge in [-0.1, -0.05) is 66.7 Å². The standard InChI is InChI=1S/C28H25N3O/c1-19-14-15-20(2)25(16-19)30-28(32)18-31-26-13-6-5-12-24(26)29-27(31)17-22-10-7-9-21-8-3-4-11-23(21)22/h3-16H,17-18H2,1-2H3,(H,30,32). The second-order valence-corrected chi connectivity index (χ2v) is 8.28. The third-order valence-corrected chi connectivity index (χ3v) is 5.93. The van der Waals surface area contributed by atoms with E-state index in [1.807, 2.05) is 54.8 Å². The highest BCUT2D eigenvalue weighted by atomic mass is 16.1. The average molecular weight is 420 g/mol. The van der Waals surface area contributed by atoms with Crippen LogP contribution in [0, 0.1) is 13.8 Å². The molecule has 4 heteroatoms. The maximum absolute atomic E-state index is 13.0. The number of hydrogen-bond donors (Lipinski definition) is 1. The van der Waals surface area contributed by atoms with Gasteiger partial charge in [0.05, 0.1) is 11.0 Å². The molecule has 1 heterocycles. The topological polar surface area (TPSA) is 46.9 Å². The van der Waals surface area contributed by atoms with Crippen molar-refractivity contribution in [2.45, 2.75) is 26.8 Å². The zero-order chi connectivity index (χ0) is 22.1. The van der Waals surface area contributed by atoms with Crippen LogP contribution in [0.2, 0.25) is 0 Å². The zero-order valence-corrected chi connectivity index (χ0v) is 18.3. The minimum absolute atomic E-state index is 0.0546. The van der Waals surface area contributed by atoms with E-state index in [2.05, 4.69) is 53.8 Å². The van der Waals surface area contributed by atoms with E-state index in [-0.39, 0.29) is 12.5 Å². The summed E-state index contributed by atoms with van der Waals surface area (Å²) in [6, 6.07) is 28.8. The molecule has 0 radical (unpaired) electrons. The highest BCUT2D eigenvalue weighted by Gasteiger charge is 2.15. The summed E-state index contributed by atoms with van der Waals surface area (Å²) >= 11 is 0. The molecule has 1 aromatic heterocycles.